The number of carbonyl (C=O) groups is 1. The van der Waals surface area contributed by atoms with Gasteiger partial charge in [-0.05, 0) is 66.9 Å². The number of rotatable bonds is 12. The zero-order chi connectivity index (χ0) is 20.0. The van der Waals surface area contributed by atoms with Gasteiger partial charge >= 0.3 is 5.97 Å². The van der Waals surface area contributed by atoms with Gasteiger partial charge in [0.15, 0.2) is 0 Å². The van der Waals surface area contributed by atoms with E-state index in [1.54, 1.807) is 18.3 Å². The van der Waals surface area contributed by atoms with Gasteiger partial charge in [0.05, 0.1) is 24.5 Å². The summed E-state index contributed by atoms with van der Waals surface area (Å²) in [5, 5.41) is 0. The monoisotopic (exact) mass is 381 g/mol. The molecule has 0 aliphatic rings. The Balaban J connectivity index is 1.81. The van der Waals surface area contributed by atoms with Crippen molar-refractivity contribution in [3.05, 3.63) is 59.7 Å². The summed E-state index contributed by atoms with van der Waals surface area (Å²) in [6.07, 6.45) is 8.51. The van der Waals surface area contributed by atoms with Gasteiger partial charge in [-0.15, -0.1) is 0 Å². The summed E-state index contributed by atoms with van der Waals surface area (Å²) in [6.45, 7) is 5.50. The van der Waals surface area contributed by atoms with Crippen LogP contribution in [0.1, 0.15) is 68.3 Å². The number of hydrogen-bond donors (Lipinski definition) is 0. The van der Waals surface area contributed by atoms with Crippen LogP contribution in [0.15, 0.2) is 53.5 Å². The van der Waals surface area contributed by atoms with E-state index in [4.69, 9.17) is 9.47 Å². The van der Waals surface area contributed by atoms with Gasteiger partial charge in [0.2, 0.25) is 0 Å². The van der Waals surface area contributed by atoms with E-state index < -0.39 is 0 Å². The molecule has 28 heavy (non-hydrogen) atoms. The Bertz CT molecular complexity index is 721. The van der Waals surface area contributed by atoms with E-state index in [-0.39, 0.29) is 5.97 Å². The number of ether oxygens (including phenoxy) is 2. The maximum atomic E-state index is 11.9. The van der Waals surface area contributed by atoms with Crippen LogP contribution in [-0.2, 0) is 4.74 Å². The first kappa shape index (κ1) is 21.7. The molecule has 0 spiro atoms. The predicted molar refractivity (Wildman–Crippen MR) is 115 cm³/mol. The molecular formula is C24H31NO3. The van der Waals surface area contributed by atoms with Crippen LogP contribution in [0.4, 0.5) is 5.69 Å². The van der Waals surface area contributed by atoms with Crippen molar-refractivity contribution in [2.24, 2.45) is 4.99 Å². The lowest BCUT2D eigenvalue weighted by Crippen LogP contribution is -2.05. The molecule has 0 unspecified atom stereocenters. The highest BCUT2D eigenvalue weighted by Crippen LogP contribution is 2.16. The number of benzene rings is 2. The highest BCUT2D eigenvalue weighted by molar-refractivity contribution is 5.90. The molecule has 0 radical (unpaired) electrons. The smallest absolute Gasteiger partial charge is 0.338 e. The van der Waals surface area contributed by atoms with E-state index in [2.05, 4.69) is 18.8 Å². The van der Waals surface area contributed by atoms with Gasteiger partial charge in [-0.25, -0.2) is 4.79 Å². The molecule has 0 heterocycles. The Morgan fingerprint density at radius 2 is 1.57 bits per heavy atom. The summed E-state index contributed by atoms with van der Waals surface area (Å²) in [4.78, 5) is 16.4. The van der Waals surface area contributed by atoms with Crippen molar-refractivity contribution < 1.29 is 14.3 Å². The maximum absolute atomic E-state index is 11.9. The lowest BCUT2D eigenvalue weighted by Gasteiger charge is -2.06. The zero-order valence-electron chi connectivity index (χ0n) is 17.0. The van der Waals surface area contributed by atoms with Crippen LogP contribution in [0, 0.1) is 0 Å². The van der Waals surface area contributed by atoms with Gasteiger partial charge in [-0.2, -0.15) is 0 Å². The normalized spacial score (nSPS) is 10.9. The Morgan fingerprint density at radius 3 is 2.25 bits per heavy atom. The second kappa shape index (κ2) is 12.7. The van der Waals surface area contributed by atoms with Gasteiger partial charge in [0, 0.05) is 6.21 Å². The SMILES string of the molecule is CCCCCCOc1ccc(/C=N/c2ccc(C(=O)OCCCC)cc2)cc1. The number of aliphatic imine (C=N–C) groups is 1. The lowest BCUT2D eigenvalue weighted by atomic mass is 10.2. The number of esters is 1. The molecule has 0 atom stereocenters. The molecule has 2 aromatic carbocycles. The lowest BCUT2D eigenvalue weighted by molar-refractivity contribution is 0.0500. The van der Waals surface area contributed by atoms with Crippen molar-refractivity contribution in [2.45, 2.75) is 52.4 Å². The molecular weight excluding hydrogens is 350 g/mol. The quantitative estimate of drug-likeness (QED) is 0.244. The van der Waals surface area contributed by atoms with E-state index in [1.165, 1.54) is 19.3 Å². The van der Waals surface area contributed by atoms with Crippen LogP contribution >= 0.6 is 0 Å². The van der Waals surface area contributed by atoms with Crippen LogP contribution in [0.2, 0.25) is 0 Å². The van der Waals surface area contributed by atoms with Crippen molar-refractivity contribution in [2.75, 3.05) is 13.2 Å². The number of unbranched alkanes of at least 4 members (excludes halogenated alkanes) is 4. The van der Waals surface area contributed by atoms with E-state index in [0.29, 0.717) is 12.2 Å². The third-order valence-electron chi connectivity index (χ3n) is 4.34. The second-order valence-electron chi connectivity index (χ2n) is 6.77. The van der Waals surface area contributed by atoms with Crippen molar-refractivity contribution >= 4 is 17.9 Å². The highest BCUT2D eigenvalue weighted by atomic mass is 16.5. The van der Waals surface area contributed by atoms with Crippen LogP contribution < -0.4 is 4.74 Å². The summed E-state index contributed by atoms with van der Waals surface area (Å²) in [5.41, 5.74) is 2.35. The molecule has 0 fully saturated rings. The fourth-order valence-corrected chi connectivity index (χ4v) is 2.59. The molecule has 150 valence electrons. The Morgan fingerprint density at radius 1 is 0.857 bits per heavy atom. The Kier molecular flexibility index (Phi) is 9.84. The first-order valence-corrected chi connectivity index (χ1v) is 10.3. The van der Waals surface area contributed by atoms with Crippen LogP contribution in [-0.4, -0.2) is 25.4 Å². The van der Waals surface area contributed by atoms with Gasteiger partial charge < -0.3 is 9.47 Å². The van der Waals surface area contributed by atoms with Crippen molar-refractivity contribution in [1.82, 2.24) is 0 Å². The van der Waals surface area contributed by atoms with E-state index >= 15 is 0 Å². The van der Waals surface area contributed by atoms with Gasteiger partial charge in [0.1, 0.15) is 5.75 Å². The molecule has 4 nitrogen and oxygen atoms in total. The fourth-order valence-electron chi connectivity index (χ4n) is 2.59. The Hall–Kier alpha value is -2.62. The first-order chi connectivity index (χ1) is 13.7. The molecule has 2 aromatic rings. The number of nitrogens with zero attached hydrogens (tertiary/aromatic N) is 1. The van der Waals surface area contributed by atoms with Crippen molar-refractivity contribution in [3.8, 4) is 5.75 Å². The van der Waals surface area contributed by atoms with Crippen LogP contribution in [0.3, 0.4) is 0 Å². The number of carbonyl (C=O) groups excluding carboxylic acids is 1. The zero-order valence-corrected chi connectivity index (χ0v) is 17.0. The second-order valence-corrected chi connectivity index (χ2v) is 6.77. The van der Waals surface area contributed by atoms with Gasteiger partial charge in [-0.3, -0.25) is 4.99 Å². The minimum Gasteiger partial charge on any atom is -0.494 e. The summed E-state index contributed by atoms with van der Waals surface area (Å²) >= 11 is 0. The first-order valence-electron chi connectivity index (χ1n) is 10.3. The van der Waals surface area contributed by atoms with E-state index in [9.17, 15) is 4.79 Å². The van der Waals surface area contributed by atoms with E-state index in [0.717, 1.165) is 42.9 Å². The molecule has 0 N–H and O–H groups in total. The minimum atomic E-state index is -0.283. The molecule has 0 aliphatic heterocycles. The molecule has 0 saturated heterocycles. The Labute approximate surface area is 168 Å². The van der Waals surface area contributed by atoms with Gasteiger partial charge in [0.25, 0.3) is 0 Å². The molecule has 0 bridgehead atoms. The summed E-state index contributed by atoms with van der Waals surface area (Å²) in [6, 6.07) is 15.1. The maximum Gasteiger partial charge on any atom is 0.338 e. The molecule has 0 saturated carbocycles. The third-order valence-corrected chi connectivity index (χ3v) is 4.34. The molecule has 0 amide bonds. The van der Waals surface area contributed by atoms with Gasteiger partial charge in [-0.1, -0.05) is 39.5 Å². The fraction of sp³-hybridized carbons (Fsp3) is 0.417. The predicted octanol–water partition coefficient (Wildman–Crippen LogP) is 6.35. The van der Waals surface area contributed by atoms with Crippen LogP contribution in [0.25, 0.3) is 0 Å². The highest BCUT2D eigenvalue weighted by Gasteiger charge is 2.06. The third kappa shape index (κ3) is 7.95. The topological polar surface area (TPSA) is 47.9 Å². The summed E-state index contributed by atoms with van der Waals surface area (Å²) in [7, 11) is 0. The van der Waals surface area contributed by atoms with Crippen LogP contribution in [0.5, 0.6) is 5.75 Å². The average Bonchev–Trinajstić information content (AvgIpc) is 2.73. The number of hydrogen-bond acceptors (Lipinski definition) is 4. The molecule has 4 heteroatoms. The average molecular weight is 382 g/mol. The van der Waals surface area contributed by atoms with Crippen molar-refractivity contribution in [3.63, 3.8) is 0 Å². The minimum absolute atomic E-state index is 0.283. The van der Waals surface area contributed by atoms with E-state index in [1.807, 2.05) is 36.4 Å². The standard InChI is InChI=1S/C24H31NO3/c1-3-5-7-8-18-27-23-15-9-20(10-16-23)19-25-22-13-11-21(12-14-22)24(26)28-17-6-4-2/h9-16,19H,3-8,17-18H2,1-2H3/b25-19+. The molecule has 2 rings (SSSR count). The largest absolute Gasteiger partial charge is 0.494 e. The molecule has 0 aliphatic carbocycles. The summed E-state index contributed by atoms with van der Waals surface area (Å²) < 4.78 is 11.0. The summed E-state index contributed by atoms with van der Waals surface area (Å²) in [5.74, 6) is 0.605. The van der Waals surface area contributed by atoms with Crippen molar-refractivity contribution in [1.29, 1.82) is 0 Å². The molecule has 0 aromatic heterocycles.